The average Bonchev–Trinajstić information content (AvgIpc) is 3.25. The molecule has 0 radical (unpaired) electrons. The molecule has 6 nitrogen and oxygen atoms in total. The van der Waals surface area contributed by atoms with Crippen LogP contribution in [-0.2, 0) is 35.8 Å². The minimum atomic E-state index is -0.523. The normalized spacial score (nSPS) is 24.1. The third-order valence-corrected chi connectivity index (χ3v) is 5.99. The summed E-state index contributed by atoms with van der Waals surface area (Å²) in [6.07, 6.45) is 6.44. The number of hydrogen-bond donors (Lipinski definition) is 1. The first kappa shape index (κ1) is 19.2. The summed E-state index contributed by atoms with van der Waals surface area (Å²) in [6.45, 7) is 6.39. The van der Waals surface area contributed by atoms with Crippen molar-refractivity contribution in [3.63, 3.8) is 0 Å². The van der Waals surface area contributed by atoms with E-state index < -0.39 is 5.54 Å². The Kier molecular flexibility index (Phi) is 5.25. The number of ether oxygens (including phenoxy) is 1. The van der Waals surface area contributed by atoms with Crippen molar-refractivity contribution in [2.24, 2.45) is 7.05 Å². The van der Waals surface area contributed by atoms with E-state index in [1.807, 2.05) is 19.4 Å². The number of rotatable bonds is 5. The molecule has 6 heteroatoms. The van der Waals surface area contributed by atoms with Gasteiger partial charge in [0.2, 0.25) is 5.91 Å². The van der Waals surface area contributed by atoms with E-state index in [1.54, 1.807) is 4.68 Å². The smallest absolute Gasteiger partial charge is 0.241 e. The molecule has 2 aromatic rings. The fourth-order valence-electron chi connectivity index (χ4n) is 4.74. The summed E-state index contributed by atoms with van der Waals surface area (Å²) >= 11 is 0. The Labute approximate surface area is 166 Å². The lowest BCUT2D eigenvalue weighted by molar-refractivity contribution is -0.144. The molecule has 4 rings (SSSR count). The van der Waals surface area contributed by atoms with Gasteiger partial charge in [0.1, 0.15) is 5.54 Å². The molecule has 1 saturated heterocycles. The predicted octanol–water partition coefficient (Wildman–Crippen LogP) is 1.73. The Morgan fingerprint density at radius 3 is 2.43 bits per heavy atom. The largest absolute Gasteiger partial charge is 0.373 e. The van der Waals surface area contributed by atoms with Gasteiger partial charge < -0.3 is 10.1 Å². The maximum absolute atomic E-state index is 13.5. The highest BCUT2D eigenvalue weighted by Gasteiger charge is 2.49. The molecule has 28 heavy (non-hydrogen) atoms. The van der Waals surface area contributed by atoms with Crippen LogP contribution in [0.3, 0.4) is 0 Å². The molecule has 1 N–H and O–H groups in total. The number of aryl methyl sites for hydroxylation is 1. The first-order valence-electron chi connectivity index (χ1n) is 10.2. The average molecular weight is 383 g/mol. The molecule has 0 bridgehead atoms. The van der Waals surface area contributed by atoms with Gasteiger partial charge >= 0.3 is 0 Å². The molecule has 0 unspecified atom stereocenters. The summed E-state index contributed by atoms with van der Waals surface area (Å²) < 4.78 is 7.73. The van der Waals surface area contributed by atoms with Gasteiger partial charge in [-0.15, -0.1) is 0 Å². The lowest BCUT2D eigenvalue weighted by atomic mass is 9.90. The van der Waals surface area contributed by atoms with Gasteiger partial charge in [0.25, 0.3) is 0 Å². The molecule has 1 amide bonds. The summed E-state index contributed by atoms with van der Waals surface area (Å²) in [4.78, 5) is 15.9. The highest BCUT2D eigenvalue weighted by molar-refractivity contribution is 5.88. The Morgan fingerprint density at radius 1 is 1.21 bits per heavy atom. The lowest BCUT2D eigenvalue weighted by Crippen LogP contribution is -2.64. The number of fused-ring (bicyclic) bond motifs is 1. The molecule has 1 aliphatic heterocycles. The van der Waals surface area contributed by atoms with E-state index in [4.69, 9.17) is 4.74 Å². The second-order valence-electron chi connectivity index (χ2n) is 8.34. The quantitative estimate of drug-likeness (QED) is 0.856. The second kappa shape index (κ2) is 7.68. The maximum Gasteiger partial charge on any atom is 0.241 e. The van der Waals surface area contributed by atoms with Crippen molar-refractivity contribution in [2.75, 3.05) is 19.6 Å². The van der Waals surface area contributed by atoms with Crippen molar-refractivity contribution in [1.29, 1.82) is 0 Å². The molecule has 0 saturated carbocycles. The zero-order valence-electron chi connectivity index (χ0n) is 17.0. The van der Waals surface area contributed by atoms with Gasteiger partial charge in [-0.3, -0.25) is 14.4 Å². The molecule has 1 fully saturated rings. The van der Waals surface area contributed by atoms with Crippen molar-refractivity contribution < 1.29 is 9.53 Å². The van der Waals surface area contributed by atoms with Crippen molar-refractivity contribution in [3.05, 3.63) is 53.3 Å². The molecule has 1 aromatic heterocycles. The molecular weight excluding hydrogens is 352 g/mol. The van der Waals surface area contributed by atoms with Crippen molar-refractivity contribution in [3.8, 4) is 0 Å². The fraction of sp³-hybridized carbons (Fsp3) is 0.545. The van der Waals surface area contributed by atoms with Crippen LogP contribution < -0.4 is 5.32 Å². The standard InChI is InChI=1S/C22H30N4O2/c1-16-13-26(14-17(2)28-16)22(10-19-6-4-5-7-20(19)11-22)21(27)23-9-8-18-12-24-25(3)15-18/h4-7,12,15-17H,8-11,13-14H2,1-3H3,(H,23,27)/t16-,17+. The van der Waals surface area contributed by atoms with E-state index in [9.17, 15) is 4.79 Å². The Balaban J connectivity index is 1.52. The zero-order valence-corrected chi connectivity index (χ0v) is 17.0. The molecule has 1 aliphatic carbocycles. The van der Waals surface area contributed by atoms with Crippen LogP contribution in [0.4, 0.5) is 0 Å². The Morgan fingerprint density at radius 2 is 1.86 bits per heavy atom. The molecule has 2 aliphatic rings. The second-order valence-corrected chi connectivity index (χ2v) is 8.34. The first-order chi connectivity index (χ1) is 13.5. The summed E-state index contributed by atoms with van der Waals surface area (Å²) in [5.41, 5.74) is 3.19. The van der Waals surface area contributed by atoms with Gasteiger partial charge in [0.05, 0.1) is 18.4 Å². The molecular formula is C22H30N4O2. The monoisotopic (exact) mass is 382 g/mol. The van der Waals surface area contributed by atoms with Gasteiger partial charge in [-0.25, -0.2) is 0 Å². The number of nitrogens with one attached hydrogen (secondary N) is 1. The van der Waals surface area contributed by atoms with E-state index in [2.05, 4.69) is 53.4 Å². The van der Waals surface area contributed by atoms with Crippen LogP contribution in [0.15, 0.2) is 36.7 Å². The van der Waals surface area contributed by atoms with E-state index in [-0.39, 0.29) is 18.1 Å². The number of carbonyl (C=O) groups is 1. The van der Waals surface area contributed by atoms with Crippen LogP contribution in [-0.4, -0.2) is 58.0 Å². The summed E-state index contributed by atoms with van der Waals surface area (Å²) in [6, 6.07) is 8.46. The molecule has 2 heterocycles. The Bertz CT molecular complexity index is 812. The highest BCUT2D eigenvalue weighted by Crippen LogP contribution is 2.36. The van der Waals surface area contributed by atoms with Crippen LogP contribution in [0.1, 0.15) is 30.5 Å². The third kappa shape index (κ3) is 3.71. The molecule has 0 spiro atoms. The van der Waals surface area contributed by atoms with Crippen molar-refractivity contribution in [2.45, 2.75) is 50.9 Å². The van der Waals surface area contributed by atoms with Crippen LogP contribution in [0.5, 0.6) is 0 Å². The number of amides is 1. The number of hydrogen-bond acceptors (Lipinski definition) is 4. The van der Waals surface area contributed by atoms with E-state index >= 15 is 0 Å². The summed E-state index contributed by atoms with van der Waals surface area (Å²) in [7, 11) is 1.91. The number of aromatic nitrogens is 2. The predicted molar refractivity (Wildman–Crippen MR) is 108 cm³/mol. The fourth-order valence-corrected chi connectivity index (χ4v) is 4.74. The number of nitrogens with zero attached hydrogens (tertiary/aromatic N) is 3. The molecule has 2 atom stereocenters. The summed E-state index contributed by atoms with van der Waals surface area (Å²) in [5, 5.41) is 7.43. The van der Waals surface area contributed by atoms with Crippen molar-refractivity contribution >= 4 is 5.91 Å². The Hall–Kier alpha value is -2.18. The number of carbonyl (C=O) groups excluding carboxylic acids is 1. The maximum atomic E-state index is 13.5. The SMILES string of the molecule is C[C@@H]1CN(C2(C(=O)NCCc3cnn(C)c3)Cc3ccccc3C2)C[C@H](C)O1. The number of benzene rings is 1. The van der Waals surface area contributed by atoms with Crippen molar-refractivity contribution in [1.82, 2.24) is 20.0 Å². The molecule has 150 valence electrons. The van der Waals surface area contributed by atoms with E-state index in [1.165, 1.54) is 11.1 Å². The van der Waals surface area contributed by atoms with Gasteiger partial charge in [-0.1, -0.05) is 24.3 Å². The third-order valence-electron chi connectivity index (χ3n) is 5.99. The van der Waals surface area contributed by atoms with Crippen LogP contribution in [0.25, 0.3) is 0 Å². The van der Waals surface area contributed by atoms with E-state index in [0.717, 1.165) is 37.9 Å². The van der Waals surface area contributed by atoms with Crippen LogP contribution in [0, 0.1) is 0 Å². The molecule has 1 aromatic carbocycles. The topological polar surface area (TPSA) is 59.4 Å². The minimum Gasteiger partial charge on any atom is -0.373 e. The lowest BCUT2D eigenvalue weighted by Gasteiger charge is -2.45. The highest BCUT2D eigenvalue weighted by atomic mass is 16.5. The zero-order chi connectivity index (χ0) is 19.7. The van der Waals surface area contributed by atoms with Crippen LogP contribution >= 0.6 is 0 Å². The van der Waals surface area contributed by atoms with E-state index in [0.29, 0.717) is 6.54 Å². The minimum absolute atomic E-state index is 0.132. The number of morpholine rings is 1. The van der Waals surface area contributed by atoms with Gasteiger partial charge in [-0.05, 0) is 37.0 Å². The van der Waals surface area contributed by atoms with Gasteiger partial charge in [-0.2, -0.15) is 5.10 Å². The van der Waals surface area contributed by atoms with Crippen LogP contribution in [0.2, 0.25) is 0 Å². The first-order valence-corrected chi connectivity index (χ1v) is 10.2. The summed E-state index contributed by atoms with van der Waals surface area (Å²) in [5.74, 6) is 0.133. The van der Waals surface area contributed by atoms with Gasteiger partial charge in [0, 0.05) is 45.7 Å². The van der Waals surface area contributed by atoms with Gasteiger partial charge in [0.15, 0.2) is 0 Å².